The Morgan fingerprint density at radius 1 is 1.03 bits per heavy atom. The van der Waals surface area contributed by atoms with E-state index in [2.05, 4.69) is 25.9 Å². The second-order valence-corrected chi connectivity index (χ2v) is 8.02. The van der Waals surface area contributed by atoms with Crippen molar-refractivity contribution >= 4 is 29.6 Å². The molecule has 0 aliphatic heterocycles. The third kappa shape index (κ3) is 10.5. The standard InChI is InChI=1S/C20H34N8O7/c1-10(29)16(23)19(33)27-13(7-15(22)30)18(32)26-12(4-2-3-5-21)17(31)28-14(20(34)35)6-11-8-24-9-25-11/h8-10,12-14,16,29H,2-7,21,23H2,1H3,(H2,22,30)(H,24,25)(H,26,32)(H,27,33)(H,28,31)(H,34,35). The quantitative estimate of drug-likeness (QED) is 0.100. The van der Waals surface area contributed by atoms with E-state index < -0.39 is 66.3 Å². The van der Waals surface area contributed by atoms with E-state index in [0.29, 0.717) is 25.1 Å². The smallest absolute Gasteiger partial charge is 0.326 e. The molecule has 0 aromatic carbocycles. The van der Waals surface area contributed by atoms with Crippen LogP contribution in [0.5, 0.6) is 0 Å². The van der Waals surface area contributed by atoms with Gasteiger partial charge in [0.05, 0.1) is 18.9 Å². The number of nitrogens with two attached hydrogens (primary N) is 3. The number of carbonyl (C=O) groups is 5. The molecule has 35 heavy (non-hydrogen) atoms. The molecule has 1 rings (SSSR count). The van der Waals surface area contributed by atoms with Gasteiger partial charge in [-0.05, 0) is 32.7 Å². The molecule has 5 unspecified atom stereocenters. The van der Waals surface area contributed by atoms with Gasteiger partial charge in [-0.1, -0.05) is 0 Å². The molecule has 0 bridgehead atoms. The Bertz CT molecular complexity index is 862. The Morgan fingerprint density at radius 2 is 1.63 bits per heavy atom. The number of aromatic nitrogens is 2. The van der Waals surface area contributed by atoms with E-state index in [1.807, 2.05) is 0 Å². The van der Waals surface area contributed by atoms with Crippen LogP contribution in [0, 0.1) is 0 Å². The number of carboxylic acid groups (broad SMARTS) is 1. The van der Waals surface area contributed by atoms with Crippen molar-refractivity contribution in [3.8, 4) is 0 Å². The van der Waals surface area contributed by atoms with Gasteiger partial charge in [0.2, 0.25) is 23.6 Å². The summed E-state index contributed by atoms with van der Waals surface area (Å²) >= 11 is 0. The number of primary amides is 1. The SMILES string of the molecule is CC(O)C(N)C(=O)NC(CC(N)=O)C(=O)NC(CCCCN)C(=O)NC(Cc1cnc[nH]1)C(=O)O. The minimum atomic E-state index is -1.48. The summed E-state index contributed by atoms with van der Waals surface area (Å²) in [6, 6.07) is -5.37. The summed E-state index contributed by atoms with van der Waals surface area (Å²) in [4.78, 5) is 67.6. The predicted octanol–water partition coefficient (Wildman–Crippen LogP) is -3.80. The van der Waals surface area contributed by atoms with Gasteiger partial charge in [-0.3, -0.25) is 19.2 Å². The van der Waals surface area contributed by atoms with Gasteiger partial charge in [0.15, 0.2) is 0 Å². The van der Waals surface area contributed by atoms with E-state index in [-0.39, 0.29) is 12.8 Å². The Morgan fingerprint density at radius 3 is 2.14 bits per heavy atom. The lowest BCUT2D eigenvalue weighted by Gasteiger charge is -2.25. The van der Waals surface area contributed by atoms with Crippen molar-refractivity contribution in [2.24, 2.45) is 17.2 Å². The zero-order valence-electron chi connectivity index (χ0n) is 19.4. The van der Waals surface area contributed by atoms with Crippen molar-refractivity contribution in [2.45, 2.75) is 69.3 Å². The van der Waals surface area contributed by atoms with Crippen molar-refractivity contribution in [1.82, 2.24) is 25.9 Å². The number of hydrogen-bond donors (Lipinski definition) is 9. The molecule has 12 N–H and O–H groups in total. The van der Waals surface area contributed by atoms with E-state index >= 15 is 0 Å². The summed E-state index contributed by atoms with van der Waals surface area (Å²) in [6.07, 6.45) is 1.93. The zero-order valence-corrected chi connectivity index (χ0v) is 19.4. The molecule has 0 aliphatic carbocycles. The van der Waals surface area contributed by atoms with Crippen LogP contribution in [-0.2, 0) is 30.4 Å². The van der Waals surface area contributed by atoms with Gasteiger partial charge in [-0.15, -0.1) is 0 Å². The van der Waals surface area contributed by atoms with Gasteiger partial charge in [0.1, 0.15) is 24.2 Å². The van der Waals surface area contributed by atoms with Crippen LogP contribution in [0.15, 0.2) is 12.5 Å². The number of unbranched alkanes of at least 4 members (excludes halogenated alkanes) is 1. The molecular weight excluding hydrogens is 464 g/mol. The van der Waals surface area contributed by atoms with Gasteiger partial charge in [-0.25, -0.2) is 9.78 Å². The molecule has 0 fully saturated rings. The number of imidazole rings is 1. The Hall–Kier alpha value is -3.56. The lowest BCUT2D eigenvalue weighted by atomic mass is 10.1. The van der Waals surface area contributed by atoms with E-state index in [9.17, 15) is 34.2 Å². The predicted molar refractivity (Wildman–Crippen MR) is 122 cm³/mol. The fraction of sp³-hybridized carbons (Fsp3) is 0.600. The van der Waals surface area contributed by atoms with E-state index in [1.165, 1.54) is 19.4 Å². The van der Waals surface area contributed by atoms with Gasteiger partial charge in [0, 0.05) is 18.3 Å². The van der Waals surface area contributed by atoms with Crippen LogP contribution in [0.4, 0.5) is 0 Å². The summed E-state index contributed by atoms with van der Waals surface area (Å²) in [5.41, 5.74) is 16.7. The molecule has 0 radical (unpaired) electrons. The van der Waals surface area contributed by atoms with Gasteiger partial charge in [0.25, 0.3) is 0 Å². The van der Waals surface area contributed by atoms with Crippen molar-refractivity contribution < 1.29 is 34.2 Å². The molecule has 0 aliphatic rings. The average molecular weight is 499 g/mol. The number of rotatable bonds is 16. The van der Waals surface area contributed by atoms with Gasteiger partial charge in [-0.2, -0.15) is 0 Å². The summed E-state index contributed by atoms with van der Waals surface area (Å²) < 4.78 is 0. The third-order valence-corrected chi connectivity index (χ3v) is 5.03. The first-order valence-electron chi connectivity index (χ1n) is 11.0. The number of carboxylic acids is 1. The molecule has 4 amide bonds. The van der Waals surface area contributed by atoms with Gasteiger partial charge >= 0.3 is 5.97 Å². The highest BCUT2D eigenvalue weighted by molar-refractivity contribution is 5.96. The van der Waals surface area contributed by atoms with Gasteiger partial charge < -0.3 is 48.3 Å². The number of nitrogens with one attached hydrogen (secondary N) is 4. The molecule has 0 spiro atoms. The van der Waals surface area contributed by atoms with Crippen LogP contribution in [0.1, 0.15) is 38.3 Å². The van der Waals surface area contributed by atoms with Crippen LogP contribution in [-0.4, -0.2) is 86.6 Å². The van der Waals surface area contributed by atoms with E-state index in [0.717, 1.165) is 0 Å². The molecule has 15 nitrogen and oxygen atoms in total. The largest absolute Gasteiger partial charge is 0.480 e. The number of nitrogens with zero attached hydrogens (tertiary/aromatic N) is 1. The number of aliphatic hydroxyl groups is 1. The highest BCUT2D eigenvalue weighted by Crippen LogP contribution is 2.06. The summed E-state index contributed by atoms with van der Waals surface area (Å²) in [7, 11) is 0. The minimum Gasteiger partial charge on any atom is -0.480 e. The fourth-order valence-corrected chi connectivity index (χ4v) is 3.02. The number of hydrogen-bond acceptors (Lipinski definition) is 9. The molecule has 196 valence electrons. The maximum absolute atomic E-state index is 12.9. The first-order chi connectivity index (χ1) is 16.5. The van der Waals surface area contributed by atoms with Crippen molar-refractivity contribution in [3.05, 3.63) is 18.2 Å². The lowest BCUT2D eigenvalue weighted by Crippen LogP contribution is -2.58. The summed E-state index contributed by atoms with van der Waals surface area (Å²) in [5, 5.41) is 26.0. The van der Waals surface area contributed by atoms with E-state index in [1.54, 1.807) is 0 Å². The topological polar surface area (TPSA) is 269 Å². The minimum absolute atomic E-state index is 0.0812. The van der Waals surface area contributed by atoms with Crippen LogP contribution in [0.2, 0.25) is 0 Å². The van der Waals surface area contributed by atoms with E-state index in [4.69, 9.17) is 17.2 Å². The Kier molecular flexibility index (Phi) is 12.3. The molecule has 1 aromatic heterocycles. The van der Waals surface area contributed by atoms with Crippen molar-refractivity contribution in [3.63, 3.8) is 0 Å². The number of amides is 4. The number of carbonyl (C=O) groups excluding carboxylic acids is 4. The molecule has 1 heterocycles. The monoisotopic (exact) mass is 498 g/mol. The lowest BCUT2D eigenvalue weighted by molar-refractivity contribution is -0.142. The first kappa shape index (κ1) is 29.5. The van der Waals surface area contributed by atoms with Crippen molar-refractivity contribution in [2.75, 3.05) is 6.54 Å². The molecule has 0 saturated heterocycles. The number of aromatic amines is 1. The molecule has 0 saturated carbocycles. The summed E-state index contributed by atoms with van der Waals surface area (Å²) in [5.74, 6) is -4.82. The van der Waals surface area contributed by atoms with Crippen LogP contribution in [0.3, 0.4) is 0 Å². The molecular formula is C20H34N8O7. The Labute approximate surface area is 201 Å². The molecule has 1 aromatic rings. The normalized spacial score (nSPS) is 15.2. The van der Waals surface area contributed by atoms with Crippen LogP contribution < -0.4 is 33.2 Å². The number of H-pyrrole nitrogens is 1. The summed E-state index contributed by atoms with van der Waals surface area (Å²) in [6.45, 7) is 1.60. The highest BCUT2D eigenvalue weighted by atomic mass is 16.4. The maximum atomic E-state index is 12.9. The molecule has 15 heteroatoms. The fourth-order valence-electron chi connectivity index (χ4n) is 3.02. The Balaban J connectivity index is 3.00. The highest BCUT2D eigenvalue weighted by Gasteiger charge is 2.31. The second-order valence-electron chi connectivity index (χ2n) is 8.02. The van der Waals surface area contributed by atoms with Crippen LogP contribution >= 0.6 is 0 Å². The zero-order chi connectivity index (χ0) is 26.5. The third-order valence-electron chi connectivity index (χ3n) is 5.03. The average Bonchev–Trinajstić information content (AvgIpc) is 3.29. The number of aliphatic carboxylic acids is 1. The maximum Gasteiger partial charge on any atom is 0.326 e. The van der Waals surface area contributed by atoms with Crippen LogP contribution in [0.25, 0.3) is 0 Å². The second kappa shape index (κ2) is 14.6. The number of aliphatic hydroxyl groups excluding tert-OH is 1. The molecule has 5 atom stereocenters. The van der Waals surface area contributed by atoms with Crippen molar-refractivity contribution in [1.29, 1.82) is 0 Å². The first-order valence-corrected chi connectivity index (χ1v) is 11.0.